The largest absolute Gasteiger partial charge is 0.396 e. The Morgan fingerprint density at radius 1 is 1.25 bits per heavy atom. The summed E-state index contributed by atoms with van der Waals surface area (Å²) in [6, 6.07) is 10.1. The maximum atomic E-state index is 9.18. The molecule has 1 aromatic carbocycles. The molecular weight excluding hydrogens is 254 g/mol. The molecule has 0 radical (unpaired) electrons. The summed E-state index contributed by atoms with van der Waals surface area (Å²) in [5.74, 6) is 1.53. The molecule has 0 fully saturated rings. The fourth-order valence-electron chi connectivity index (χ4n) is 1.99. The van der Waals surface area contributed by atoms with Gasteiger partial charge in [-0.3, -0.25) is 0 Å². The highest BCUT2D eigenvalue weighted by Crippen LogP contribution is 2.17. The van der Waals surface area contributed by atoms with Crippen molar-refractivity contribution >= 4 is 0 Å². The van der Waals surface area contributed by atoms with Gasteiger partial charge in [-0.2, -0.15) is 4.98 Å². The third-order valence-electron chi connectivity index (χ3n) is 3.10. The molecule has 2 rings (SSSR count). The van der Waals surface area contributed by atoms with E-state index in [4.69, 9.17) is 4.52 Å². The maximum absolute atomic E-state index is 9.18. The Labute approximate surface area is 119 Å². The van der Waals surface area contributed by atoms with E-state index in [1.165, 1.54) is 0 Å². The van der Waals surface area contributed by atoms with Crippen LogP contribution in [0.5, 0.6) is 0 Å². The molecule has 0 saturated heterocycles. The monoisotopic (exact) mass is 275 g/mol. The number of nitrogens with zero attached hydrogens (tertiary/aromatic N) is 2. The third-order valence-corrected chi connectivity index (χ3v) is 3.10. The zero-order valence-corrected chi connectivity index (χ0v) is 11.9. The van der Waals surface area contributed by atoms with E-state index in [9.17, 15) is 5.11 Å². The Bertz CT molecular complexity index is 511. The molecule has 108 valence electrons. The number of hydrogen-bond acceptors (Lipinski definition) is 5. The van der Waals surface area contributed by atoms with E-state index < -0.39 is 0 Å². The van der Waals surface area contributed by atoms with Crippen molar-refractivity contribution in [2.24, 2.45) is 0 Å². The van der Waals surface area contributed by atoms with E-state index in [2.05, 4.69) is 15.5 Å². The second kappa shape index (κ2) is 7.17. The standard InChI is InChI=1S/C15H21N3O2/c1-11(2)15-17-14(18-20-15)10-16-13(8-9-19)12-6-4-3-5-7-12/h3-7,11,13,16,19H,8-10H2,1-2H3. The Morgan fingerprint density at radius 2 is 2.00 bits per heavy atom. The quantitative estimate of drug-likeness (QED) is 0.812. The SMILES string of the molecule is CC(C)c1nc(CNC(CCO)c2ccccc2)no1. The zero-order valence-electron chi connectivity index (χ0n) is 11.9. The number of benzene rings is 1. The summed E-state index contributed by atoms with van der Waals surface area (Å²) in [5, 5.41) is 16.5. The molecule has 0 aliphatic rings. The lowest BCUT2D eigenvalue weighted by molar-refractivity contribution is 0.264. The molecule has 0 bridgehead atoms. The first-order chi connectivity index (χ1) is 9.70. The summed E-state index contributed by atoms with van der Waals surface area (Å²) in [6.45, 7) is 4.69. The van der Waals surface area contributed by atoms with Crippen LogP contribution in [0.1, 0.15) is 49.5 Å². The van der Waals surface area contributed by atoms with Crippen LogP contribution in [0.4, 0.5) is 0 Å². The van der Waals surface area contributed by atoms with E-state index in [0.717, 1.165) is 5.56 Å². The van der Waals surface area contributed by atoms with E-state index >= 15 is 0 Å². The minimum absolute atomic E-state index is 0.0854. The summed E-state index contributed by atoms with van der Waals surface area (Å²) in [4.78, 5) is 4.33. The fourth-order valence-corrected chi connectivity index (χ4v) is 1.99. The fraction of sp³-hybridized carbons (Fsp3) is 0.467. The highest BCUT2D eigenvalue weighted by molar-refractivity contribution is 5.18. The Balaban J connectivity index is 1.98. The van der Waals surface area contributed by atoms with E-state index in [1.807, 2.05) is 44.2 Å². The van der Waals surface area contributed by atoms with Gasteiger partial charge in [-0.05, 0) is 12.0 Å². The molecule has 0 spiro atoms. The molecule has 1 heterocycles. The van der Waals surface area contributed by atoms with Crippen molar-refractivity contribution in [1.29, 1.82) is 0 Å². The first-order valence-electron chi connectivity index (χ1n) is 6.92. The molecular formula is C15H21N3O2. The molecule has 1 aromatic heterocycles. The lowest BCUT2D eigenvalue weighted by Crippen LogP contribution is -2.22. The van der Waals surface area contributed by atoms with E-state index in [1.54, 1.807) is 0 Å². The number of aromatic nitrogens is 2. The molecule has 1 atom stereocenters. The summed E-state index contributed by atoms with van der Waals surface area (Å²) >= 11 is 0. The van der Waals surface area contributed by atoms with Crippen molar-refractivity contribution in [3.63, 3.8) is 0 Å². The lowest BCUT2D eigenvalue weighted by Gasteiger charge is -2.17. The van der Waals surface area contributed by atoms with Gasteiger partial charge in [0.25, 0.3) is 0 Å². The number of aliphatic hydroxyl groups excluding tert-OH is 1. The molecule has 2 N–H and O–H groups in total. The smallest absolute Gasteiger partial charge is 0.229 e. The van der Waals surface area contributed by atoms with Crippen molar-refractivity contribution in [3.8, 4) is 0 Å². The average Bonchev–Trinajstić information content (AvgIpc) is 2.93. The number of aliphatic hydroxyl groups is 1. The molecule has 0 amide bonds. The van der Waals surface area contributed by atoms with Crippen LogP contribution in [0.2, 0.25) is 0 Å². The van der Waals surface area contributed by atoms with Gasteiger partial charge >= 0.3 is 0 Å². The van der Waals surface area contributed by atoms with Gasteiger partial charge in [0.1, 0.15) is 0 Å². The lowest BCUT2D eigenvalue weighted by atomic mass is 10.0. The van der Waals surface area contributed by atoms with E-state index in [0.29, 0.717) is 24.7 Å². The number of rotatable bonds is 7. The minimum Gasteiger partial charge on any atom is -0.396 e. The van der Waals surface area contributed by atoms with Crippen LogP contribution in [0.25, 0.3) is 0 Å². The van der Waals surface area contributed by atoms with Crippen LogP contribution >= 0.6 is 0 Å². The molecule has 20 heavy (non-hydrogen) atoms. The topological polar surface area (TPSA) is 71.2 Å². The molecule has 1 unspecified atom stereocenters. The van der Waals surface area contributed by atoms with Gasteiger partial charge in [0, 0.05) is 18.6 Å². The first kappa shape index (κ1) is 14.7. The van der Waals surface area contributed by atoms with Gasteiger partial charge in [-0.15, -0.1) is 0 Å². The van der Waals surface area contributed by atoms with Crippen molar-refractivity contribution in [1.82, 2.24) is 15.5 Å². The van der Waals surface area contributed by atoms with E-state index in [-0.39, 0.29) is 18.6 Å². The van der Waals surface area contributed by atoms with Crippen molar-refractivity contribution < 1.29 is 9.63 Å². The summed E-state index contributed by atoms with van der Waals surface area (Å²) in [7, 11) is 0. The van der Waals surface area contributed by atoms with Gasteiger partial charge in [-0.25, -0.2) is 0 Å². The minimum atomic E-state index is 0.0854. The average molecular weight is 275 g/mol. The predicted octanol–water partition coefficient (Wildman–Crippen LogP) is 2.41. The second-order valence-corrected chi connectivity index (χ2v) is 5.06. The van der Waals surface area contributed by atoms with Crippen molar-refractivity contribution in [2.75, 3.05) is 6.61 Å². The second-order valence-electron chi connectivity index (χ2n) is 5.06. The van der Waals surface area contributed by atoms with Crippen molar-refractivity contribution in [3.05, 3.63) is 47.6 Å². The van der Waals surface area contributed by atoms with Crippen LogP contribution < -0.4 is 5.32 Å². The first-order valence-corrected chi connectivity index (χ1v) is 6.92. The maximum Gasteiger partial charge on any atom is 0.229 e. The van der Waals surface area contributed by atoms with Crippen LogP contribution in [0.15, 0.2) is 34.9 Å². The highest BCUT2D eigenvalue weighted by Gasteiger charge is 2.13. The third kappa shape index (κ3) is 3.88. The Hall–Kier alpha value is -1.72. The number of hydrogen-bond donors (Lipinski definition) is 2. The predicted molar refractivity (Wildman–Crippen MR) is 76.1 cm³/mol. The van der Waals surface area contributed by atoms with Crippen LogP contribution in [-0.2, 0) is 6.54 Å². The summed E-state index contributed by atoms with van der Waals surface area (Å²) in [6.07, 6.45) is 0.652. The van der Waals surface area contributed by atoms with Gasteiger partial charge in [0.2, 0.25) is 5.89 Å². The van der Waals surface area contributed by atoms with Gasteiger partial charge in [-0.1, -0.05) is 49.3 Å². The van der Waals surface area contributed by atoms with Crippen molar-refractivity contribution in [2.45, 2.75) is 38.8 Å². The summed E-state index contributed by atoms with van der Waals surface area (Å²) < 4.78 is 5.17. The molecule has 0 aliphatic heterocycles. The summed E-state index contributed by atoms with van der Waals surface area (Å²) in [5.41, 5.74) is 1.15. The van der Waals surface area contributed by atoms with Gasteiger partial charge < -0.3 is 14.9 Å². The number of nitrogens with one attached hydrogen (secondary N) is 1. The molecule has 0 saturated carbocycles. The van der Waals surface area contributed by atoms with Crippen LogP contribution in [0, 0.1) is 0 Å². The Morgan fingerprint density at radius 3 is 2.60 bits per heavy atom. The molecule has 5 nitrogen and oxygen atoms in total. The van der Waals surface area contributed by atoms with Crippen LogP contribution in [-0.4, -0.2) is 21.9 Å². The molecule has 2 aromatic rings. The normalized spacial score (nSPS) is 12.8. The van der Waals surface area contributed by atoms with Gasteiger partial charge in [0.05, 0.1) is 6.54 Å². The highest BCUT2D eigenvalue weighted by atomic mass is 16.5. The molecule has 5 heteroatoms. The Kier molecular flexibility index (Phi) is 5.26. The van der Waals surface area contributed by atoms with Crippen LogP contribution in [0.3, 0.4) is 0 Å². The van der Waals surface area contributed by atoms with Gasteiger partial charge in [0.15, 0.2) is 5.82 Å². The zero-order chi connectivity index (χ0) is 14.4. The molecule has 0 aliphatic carbocycles.